The SMILES string of the molecule is COC(=O)c1sccc1NCC1CCOCC1. The van der Waals surface area contributed by atoms with E-state index in [1.54, 1.807) is 0 Å². The minimum absolute atomic E-state index is 0.269. The Balaban J connectivity index is 1.89. The third-order valence-electron chi connectivity index (χ3n) is 2.96. The van der Waals surface area contributed by atoms with Crippen molar-refractivity contribution in [2.45, 2.75) is 12.8 Å². The molecule has 0 amide bonds. The first-order valence-electron chi connectivity index (χ1n) is 5.78. The van der Waals surface area contributed by atoms with Crippen molar-refractivity contribution in [1.82, 2.24) is 0 Å². The second kappa shape index (κ2) is 6.02. The van der Waals surface area contributed by atoms with Crippen molar-refractivity contribution in [3.8, 4) is 0 Å². The van der Waals surface area contributed by atoms with Crippen LogP contribution in [0.4, 0.5) is 5.69 Å². The zero-order valence-corrected chi connectivity index (χ0v) is 10.7. The van der Waals surface area contributed by atoms with E-state index in [4.69, 9.17) is 9.47 Å². The average molecular weight is 255 g/mol. The first-order chi connectivity index (χ1) is 8.31. The summed E-state index contributed by atoms with van der Waals surface area (Å²) in [4.78, 5) is 12.1. The lowest BCUT2D eigenvalue weighted by molar-refractivity contribution is 0.0606. The van der Waals surface area contributed by atoms with Gasteiger partial charge < -0.3 is 14.8 Å². The topological polar surface area (TPSA) is 47.6 Å². The maximum Gasteiger partial charge on any atom is 0.350 e. The van der Waals surface area contributed by atoms with Crippen molar-refractivity contribution in [2.24, 2.45) is 5.92 Å². The second-order valence-corrected chi connectivity index (χ2v) is 5.01. The highest BCUT2D eigenvalue weighted by Gasteiger charge is 2.16. The fraction of sp³-hybridized carbons (Fsp3) is 0.583. The lowest BCUT2D eigenvalue weighted by Gasteiger charge is -2.22. The largest absolute Gasteiger partial charge is 0.465 e. The fourth-order valence-corrected chi connectivity index (χ4v) is 2.69. The molecule has 0 radical (unpaired) electrons. The van der Waals surface area contributed by atoms with Crippen LogP contribution in [0.3, 0.4) is 0 Å². The Bertz CT molecular complexity index is 372. The highest BCUT2D eigenvalue weighted by atomic mass is 32.1. The number of esters is 1. The Labute approximate surface area is 105 Å². The molecule has 4 nitrogen and oxygen atoms in total. The molecule has 2 rings (SSSR count). The lowest BCUT2D eigenvalue weighted by atomic mass is 10.0. The van der Waals surface area contributed by atoms with E-state index in [1.807, 2.05) is 11.4 Å². The molecule has 1 fully saturated rings. The number of nitrogens with one attached hydrogen (secondary N) is 1. The lowest BCUT2D eigenvalue weighted by Crippen LogP contribution is -2.23. The summed E-state index contributed by atoms with van der Waals surface area (Å²) in [5.74, 6) is 0.364. The van der Waals surface area contributed by atoms with E-state index in [-0.39, 0.29) is 5.97 Å². The molecule has 1 aromatic heterocycles. The number of thiophene rings is 1. The third kappa shape index (κ3) is 3.20. The molecule has 0 aliphatic carbocycles. The van der Waals surface area contributed by atoms with Gasteiger partial charge in [0.25, 0.3) is 0 Å². The van der Waals surface area contributed by atoms with Crippen molar-refractivity contribution in [3.05, 3.63) is 16.3 Å². The van der Waals surface area contributed by atoms with Crippen LogP contribution in [0.1, 0.15) is 22.5 Å². The van der Waals surface area contributed by atoms with Crippen LogP contribution in [0.2, 0.25) is 0 Å². The normalized spacial score (nSPS) is 16.8. The van der Waals surface area contributed by atoms with E-state index in [9.17, 15) is 4.79 Å². The molecule has 0 saturated carbocycles. The van der Waals surface area contributed by atoms with Crippen LogP contribution >= 0.6 is 11.3 Å². The second-order valence-electron chi connectivity index (χ2n) is 4.09. The molecule has 2 heterocycles. The van der Waals surface area contributed by atoms with Gasteiger partial charge in [0.2, 0.25) is 0 Å². The molecule has 1 N–H and O–H groups in total. The summed E-state index contributed by atoms with van der Waals surface area (Å²) in [5, 5.41) is 5.23. The summed E-state index contributed by atoms with van der Waals surface area (Å²) < 4.78 is 10.1. The van der Waals surface area contributed by atoms with Crippen LogP contribution in [0.15, 0.2) is 11.4 Å². The predicted molar refractivity (Wildman–Crippen MR) is 67.7 cm³/mol. The molecule has 1 saturated heterocycles. The molecular formula is C12H17NO3S. The molecule has 94 valence electrons. The van der Waals surface area contributed by atoms with Crippen molar-refractivity contribution in [2.75, 3.05) is 32.2 Å². The summed E-state index contributed by atoms with van der Waals surface area (Å²) >= 11 is 1.41. The highest BCUT2D eigenvalue weighted by molar-refractivity contribution is 7.12. The predicted octanol–water partition coefficient (Wildman–Crippen LogP) is 2.37. The quantitative estimate of drug-likeness (QED) is 0.839. The van der Waals surface area contributed by atoms with Gasteiger partial charge in [0.05, 0.1) is 12.8 Å². The van der Waals surface area contributed by atoms with Gasteiger partial charge in [-0.2, -0.15) is 0 Å². The molecule has 1 aromatic rings. The van der Waals surface area contributed by atoms with E-state index in [0.717, 1.165) is 38.3 Å². The van der Waals surface area contributed by atoms with Gasteiger partial charge in [0.1, 0.15) is 4.88 Å². The minimum Gasteiger partial charge on any atom is -0.465 e. The molecule has 0 aromatic carbocycles. The number of hydrogen-bond acceptors (Lipinski definition) is 5. The van der Waals surface area contributed by atoms with Gasteiger partial charge in [0, 0.05) is 19.8 Å². The van der Waals surface area contributed by atoms with E-state index < -0.39 is 0 Å². The number of anilines is 1. The van der Waals surface area contributed by atoms with E-state index >= 15 is 0 Å². The zero-order chi connectivity index (χ0) is 12.1. The molecule has 0 bridgehead atoms. The van der Waals surface area contributed by atoms with Gasteiger partial charge in [-0.3, -0.25) is 0 Å². The average Bonchev–Trinajstić information content (AvgIpc) is 2.85. The van der Waals surface area contributed by atoms with Crippen LogP contribution in [-0.4, -0.2) is 32.8 Å². The minimum atomic E-state index is -0.269. The first-order valence-corrected chi connectivity index (χ1v) is 6.66. The van der Waals surface area contributed by atoms with Gasteiger partial charge in [-0.1, -0.05) is 0 Å². The number of ether oxygens (including phenoxy) is 2. The summed E-state index contributed by atoms with van der Waals surface area (Å²) in [6.07, 6.45) is 2.18. The molecule has 1 aliphatic rings. The van der Waals surface area contributed by atoms with Crippen molar-refractivity contribution >= 4 is 23.0 Å². The highest BCUT2D eigenvalue weighted by Crippen LogP contribution is 2.24. The Morgan fingerprint density at radius 2 is 2.35 bits per heavy atom. The summed E-state index contributed by atoms with van der Waals surface area (Å²) in [6.45, 7) is 2.59. The number of carbonyl (C=O) groups is 1. The summed E-state index contributed by atoms with van der Waals surface area (Å²) in [7, 11) is 1.41. The number of carbonyl (C=O) groups excluding carboxylic acids is 1. The molecular weight excluding hydrogens is 238 g/mol. The standard InChI is InChI=1S/C12H17NO3S/c1-15-12(14)11-10(4-7-17-11)13-8-9-2-5-16-6-3-9/h4,7,9,13H,2-3,5-6,8H2,1H3. The summed E-state index contributed by atoms with van der Waals surface area (Å²) in [5.41, 5.74) is 0.883. The first kappa shape index (κ1) is 12.4. The number of rotatable bonds is 4. The van der Waals surface area contributed by atoms with Crippen molar-refractivity contribution in [3.63, 3.8) is 0 Å². The Morgan fingerprint density at radius 3 is 3.06 bits per heavy atom. The Hall–Kier alpha value is -1.07. The van der Waals surface area contributed by atoms with Gasteiger partial charge >= 0.3 is 5.97 Å². The van der Waals surface area contributed by atoms with Gasteiger partial charge in [-0.15, -0.1) is 11.3 Å². The third-order valence-corrected chi connectivity index (χ3v) is 3.85. The maximum absolute atomic E-state index is 11.5. The van der Waals surface area contributed by atoms with Crippen LogP contribution in [0.5, 0.6) is 0 Å². The number of hydrogen-bond donors (Lipinski definition) is 1. The monoisotopic (exact) mass is 255 g/mol. The summed E-state index contributed by atoms with van der Waals surface area (Å²) in [6, 6.07) is 1.93. The fourth-order valence-electron chi connectivity index (χ4n) is 1.90. The smallest absolute Gasteiger partial charge is 0.350 e. The molecule has 0 atom stereocenters. The molecule has 0 unspecified atom stereocenters. The molecule has 5 heteroatoms. The van der Waals surface area contributed by atoms with Gasteiger partial charge in [-0.25, -0.2) is 4.79 Å². The van der Waals surface area contributed by atoms with E-state index in [0.29, 0.717) is 10.8 Å². The maximum atomic E-state index is 11.5. The van der Waals surface area contributed by atoms with Gasteiger partial charge in [0.15, 0.2) is 0 Å². The molecule has 17 heavy (non-hydrogen) atoms. The molecule has 0 spiro atoms. The Kier molecular flexibility index (Phi) is 4.39. The van der Waals surface area contributed by atoms with Crippen LogP contribution in [0, 0.1) is 5.92 Å². The Morgan fingerprint density at radius 1 is 1.59 bits per heavy atom. The van der Waals surface area contributed by atoms with Crippen molar-refractivity contribution in [1.29, 1.82) is 0 Å². The molecule has 1 aliphatic heterocycles. The van der Waals surface area contributed by atoms with E-state index in [2.05, 4.69) is 5.32 Å². The van der Waals surface area contributed by atoms with Crippen LogP contribution in [0.25, 0.3) is 0 Å². The number of methoxy groups -OCH3 is 1. The van der Waals surface area contributed by atoms with Gasteiger partial charge in [-0.05, 0) is 30.2 Å². The van der Waals surface area contributed by atoms with Crippen LogP contribution < -0.4 is 5.32 Å². The zero-order valence-electron chi connectivity index (χ0n) is 9.90. The van der Waals surface area contributed by atoms with Crippen molar-refractivity contribution < 1.29 is 14.3 Å². The van der Waals surface area contributed by atoms with E-state index in [1.165, 1.54) is 18.4 Å². The van der Waals surface area contributed by atoms with Crippen LogP contribution in [-0.2, 0) is 9.47 Å².